The SMILES string of the molecule is Cc1ccc([C@H](C)NC2c3ccccc3OC2(C)C)cc1. The molecule has 0 aliphatic carbocycles. The van der Waals surface area contributed by atoms with E-state index in [1.54, 1.807) is 0 Å². The van der Waals surface area contributed by atoms with Gasteiger partial charge in [0.1, 0.15) is 11.4 Å². The summed E-state index contributed by atoms with van der Waals surface area (Å²) in [6.07, 6.45) is 0. The van der Waals surface area contributed by atoms with Gasteiger partial charge in [-0.3, -0.25) is 5.32 Å². The Labute approximate surface area is 127 Å². The quantitative estimate of drug-likeness (QED) is 0.890. The first kappa shape index (κ1) is 14.2. The molecule has 0 fully saturated rings. The van der Waals surface area contributed by atoms with Crippen molar-refractivity contribution in [1.82, 2.24) is 5.32 Å². The van der Waals surface area contributed by atoms with Crippen LogP contribution in [-0.4, -0.2) is 5.60 Å². The van der Waals surface area contributed by atoms with Crippen LogP contribution in [0, 0.1) is 6.92 Å². The van der Waals surface area contributed by atoms with Crippen LogP contribution in [0.15, 0.2) is 48.5 Å². The van der Waals surface area contributed by atoms with Crippen molar-refractivity contribution in [3.63, 3.8) is 0 Å². The first-order chi connectivity index (χ1) is 9.97. The lowest BCUT2D eigenvalue weighted by atomic mass is 9.93. The molecular weight excluding hydrogens is 258 g/mol. The molecule has 110 valence electrons. The molecule has 1 heterocycles. The molecule has 3 rings (SSSR count). The van der Waals surface area contributed by atoms with Crippen LogP contribution in [0.1, 0.15) is 49.5 Å². The van der Waals surface area contributed by atoms with Crippen molar-refractivity contribution in [3.8, 4) is 5.75 Å². The number of benzene rings is 2. The molecule has 2 nitrogen and oxygen atoms in total. The van der Waals surface area contributed by atoms with Gasteiger partial charge in [-0.25, -0.2) is 0 Å². The van der Waals surface area contributed by atoms with E-state index < -0.39 is 0 Å². The highest BCUT2D eigenvalue weighted by Gasteiger charge is 2.41. The molecule has 0 amide bonds. The van der Waals surface area contributed by atoms with Crippen molar-refractivity contribution in [3.05, 3.63) is 65.2 Å². The normalized spacial score (nSPS) is 20.7. The van der Waals surface area contributed by atoms with E-state index in [0.29, 0.717) is 0 Å². The van der Waals surface area contributed by atoms with Crippen molar-refractivity contribution < 1.29 is 4.74 Å². The standard InChI is InChI=1S/C19H23NO/c1-13-9-11-15(12-10-13)14(2)20-18-16-7-5-6-8-17(16)21-19(18,3)4/h5-12,14,18,20H,1-4H3/t14-,18?/m0/s1. The van der Waals surface area contributed by atoms with Crippen LogP contribution in [-0.2, 0) is 0 Å². The predicted molar refractivity (Wildman–Crippen MR) is 86.6 cm³/mol. The highest BCUT2D eigenvalue weighted by Crippen LogP contribution is 2.43. The van der Waals surface area contributed by atoms with Gasteiger partial charge in [-0.2, -0.15) is 0 Å². The Kier molecular flexibility index (Phi) is 3.50. The fourth-order valence-corrected chi connectivity index (χ4v) is 3.02. The summed E-state index contributed by atoms with van der Waals surface area (Å²) in [4.78, 5) is 0. The van der Waals surface area contributed by atoms with Crippen molar-refractivity contribution in [2.24, 2.45) is 0 Å². The van der Waals surface area contributed by atoms with E-state index in [1.165, 1.54) is 16.7 Å². The molecule has 0 aromatic heterocycles. The van der Waals surface area contributed by atoms with E-state index >= 15 is 0 Å². The summed E-state index contributed by atoms with van der Waals surface area (Å²) in [5.41, 5.74) is 3.62. The van der Waals surface area contributed by atoms with E-state index in [4.69, 9.17) is 4.74 Å². The predicted octanol–water partition coefficient (Wildman–Crippen LogP) is 4.56. The molecule has 2 atom stereocenters. The van der Waals surface area contributed by atoms with Gasteiger partial charge in [-0.1, -0.05) is 48.0 Å². The van der Waals surface area contributed by atoms with Gasteiger partial charge in [-0.05, 0) is 39.3 Å². The topological polar surface area (TPSA) is 21.3 Å². The van der Waals surface area contributed by atoms with Crippen LogP contribution in [0.5, 0.6) is 5.75 Å². The second-order valence-electron chi connectivity index (χ2n) is 6.48. The molecular formula is C19H23NO. The van der Waals surface area contributed by atoms with Crippen molar-refractivity contribution >= 4 is 0 Å². The molecule has 1 aliphatic heterocycles. The van der Waals surface area contributed by atoms with Crippen molar-refractivity contribution in [2.45, 2.75) is 45.4 Å². The summed E-state index contributed by atoms with van der Waals surface area (Å²) >= 11 is 0. The van der Waals surface area contributed by atoms with E-state index in [9.17, 15) is 0 Å². The third kappa shape index (κ3) is 2.68. The molecule has 2 heteroatoms. The average Bonchev–Trinajstić information content (AvgIpc) is 2.70. The largest absolute Gasteiger partial charge is 0.486 e. The monoisotopic (exact) mass is 281 g/mol. The first-order valence-corrected chi connectivity index (χ1v) is 7.58. The zero-order valence-electron chi connectivity index (χ0n) is 13.2. The third-order valence-electron chi connectivity index (χ3n) is 4.29. The number of ether oxygens (including phenoxy) is 1. The minimum Gasteiger partial charge on any atom is -0.486 e. The van der Waals surface area contributed by atoms with Crippen LogP contribution in [0.4, 0.5) is 0 Å². The van der Waals surface area contributed by atoms with Crippen LogP contribution in [0.3, 0.4) is 0 Å². The molecule has 21 heavy (non-hydrogen) atoms. The number of aryl methyl sites for hydroxylation is 1. The molecule has 0 radical (unpaired) electrons. The lowest BCUT2D eigenvalue weighted by molar-refractivity contribution is 0.0919. The molecule has 0 saturated carbocycles. The van der Waals surface area contributed by atoms with Crippen molar-refractivity contribution in [1.29, 1.82) is 0 Å². The minimum absolute atomic E-state index is 0.199. The number of fused-ring (bicyclic) bond motifs is 1. The van der Waals surface area contributed by atoms with Crippen molar-refractivity contribution in [2.75, 3.05) is 0 Å². The Bertz CT molecular complexity index is 630. The Balaban J connectivity index is 1.85. The average molecular weight is 281 g/mol. The van der Waals surface area contributed by atoms with Gasteiger partial charge in [0.05, 0.1) is 6.04 Å². The minimum atomic E-state index is -0.233. The highest BCUT2D eigenvalue weighted by atomic mass is 16.5. The lowest BCUT2D eigenvalue weighted by Gasteiger charge is -2.30. The second kappa shape index (κ2) is 5.19. The van der Waals surface area contributed by atoms with Gasteiger partial charge >= 0.3 is 0 Å². The number of hydrogen-bond acceptors (Lipinski definition) is 2. The smallest absolute Gasteiger partial charge is 0.125 e. The molecule has 0 bridgehead atoms. The number of nitrogens with one attached hydrogen (secondary N) is 1. The summed E-state index contributed by atoms with van der Waals surface area (Å²) in [6, 6.07) is 17.5. The van der Waals surface area contributed by atoms with Gasteiger partial charge in [0, 0.05) is 11.6 Å². The zero-order chi connectivity index (χ0) is 15.0. The molecule has 1 unspecified atom stereocenters. The molecule has 2 aromatic carbocycles. The van der Waals surface area contributed by atoms with Crippen LogP contribution >= 0.6 is 0 Å². The fraction of sp³-hybridized carbons (Fsp3) is 0.368. The molecule has 1 N–H and O–H groups in total. The zero-order valence-corrected chi connectivity index (χ0v) is 13.2. The van der Waals surface area contributed by atoms with Crippen LogP contribution in [0.2, 0.25) is 0 Å². The number of hydrogen-bond donors (Lipinski definition) is 1. The Morgan fingerprint density at radius 3 is 2.43 bits per heavy atom. The van der Waals surface area contributed by atoms with Gasteiger partial charge in [-0.15, -0.1) is 0 Å². The molecule has 1 aliphatic rings. The summed E-state index contributed by atoms with van der Waals surface area (Å²) < 4.78 is 6.10. The second-order valence-corrected chi connectivity index (χ2v) is 6.48. The highest BCUT2D eigenvalue weighted by molar-refractivity contribution is 5.42. The Morgan fingerprint density at radius 1 is 1.05 bits per heavy atom. The van der Waals surface area contributed by atoms with E-state index in [0.717, 1.165) is 5.75 Å². The van der Waals surface area contributed by atoms with Crippen LogP contribution in [0.25, 0.3) is 0 Å². The Morgan fingerprint density at radius 2 is 1.71 bits per heavy atom. The fourth-order valence-electron chi connectivity index (χ4n) is 3.02. The van der Waals surface area contributed by atoms with Gasteiger partial charge < -0.3 is 4.74 Å². The van der Waals surface area contributed by atoms with Gasteiger partial charge in [0.2, 0.25) is 0 Å². The number of para-hydroxylation sites is 1. The Hall–Kier alpha value is -1.80. The first-order valence-electron chi connectivity index (χ1n) is 7.58. The summed E-state index contributed by atoms with van der Waals surface area (Å²) in [6.45, 7) is 8.62. The molecule has 2 aromatic rings. The van der Waals surface area contributed by atoms with E-state index in [2.05, 4.69) is 75.5 Å². The van der Waals surface area contributed by atoms with E-state index in [-0.39, 0.29) is 17.7 Å². The maximum atomic E-state index is 6.10. The summed E-state index contributed by atoms with van der Waals surface area (Å²) in [5, 5.41) is 3.74. The maximum Gasteiger partial charge on any atom is 0.125 e. The van der Waals surface area contributed by atoms with Gasteiger partial charge in [0.15, 0.2) is 0 Å². The van der Waals surface area contributed by atoms with Crippen LogP contribution < -0.4 is 10.1 Å². The van der Waals surface area contributed by atoms with Gasteiger partial charge in [0.25, 0.3) is 0 Å². The summed E-state index contributed by atoms with van der Waals surface area (Å²) in [7, 11) is 0. The van der Waals surface area contributed by atoms with E-state index in [1.807, 2.05) is 6.07 Å². The third-order valence-corrected chi connectivity index (χ3v) is 4.29. The lowest BCUT2D eigenvalue weighted by Crippen LogP contribution is -2.40. The number of rotatable bonds is 3. The summed E-state index contributed by atoms with van der Waals surface area (Å²) in [5.74, 6) is 0.996. The molecule has 0 saturated heterocycles. The maximum absolute atomic E-state index is 6.10. The molecule has 0 spiro atoms.